The number of benzene rings is 2. The van der Waals surface area contributed by atoms with Gasteiger partial charge in [-0.15, -0.1) is 10.2 Å². The topological polar surface area (TPSA) is 59.8 Å². The molecule has 0 fully saturated rings. The number of carbonyl (C=O) groups is 1. The maximum absolute atomic E-state index is 12.8. The summed E-state index contributed by atoms with van der Waals surface area (Å²) in [7, 11) is 1.85. The smallest absolute Gasteiger partial charge is 0.322 e. The van der Waals surface area contributed by atoms with Gasteiger partial charge in [0.25, 0.3) is 5.91 Å². The SMILES string of the molecule is C[C@H](Sc1nncn1C)c1cccc(NC(=O)c2cccc(C(F)(F)F)c2)c1. The average molecular weight is 406 g/mol. The highest BCUT2D eigenvalue weighted by molar-refractivity contribution is 7.99. The van der Waals surface area contributed by atoms with Crippen LogP contribution < -0.4 is 5.32 Å². The van der Waals surface area contributed by atoms with E-state index in [1.807, 2.05) is 20.0 Å². The molecule has 0 spiro atoms. The molecule has 1 N–H and O–H groups in total. The van der Waals surface area contributed by atoms with E-state index >= 15 is 0 Å². The number of thioether (sulfide) groups is 1. The van der Waals surface area contributed by atoms with Crippen molar-refractivity contribution in [3.05, 3.63) is 71.5 Å². The molecule has 1 aromatic heterocycles. The van der Waals surface area contributed by atoms with Gasteiger partial charge in [0, 0.05) is 23.5 Å². The van der Waals surface area contributed by atoms with Gasteiger partial charge in [0.1, 0.15) is 6.33 Å². The Morgan fingerprint density at radius 3 is 2.61 bits per heavy atom. The number of nitrogens with one attached hydrogen (secondary N) is 1. The molecule has 1 amide bonds. The number of aryl methyl sites for hydroxylation is 1. The third kappa shape index (κ3) is 4.72. The van der Waals surface area contributed by atoms with E-state index < -0.39 is 17.6 Å². The summed E-state index contributed by atoms with van der Waals surface area (Å²) in [5.41, 5.74) is 0.532. The van der Waals surface area contributed by atoms with E-state index in [-0.39, 0.29) is 10.8 Å². The molecule has 9 heteroatoms. The summed E-state index contributed by atoms with van der Waals surface area (Å²) in [5.74, 6) is -0.600. The number of aromatic nitrogens is 3. The van der Waals surface area contributed by atoms with Crippen LogP contribution in [0.2, 0.25) is 0 Å². The molecule has 0 saturated carbocycles. The summed E-state index contributed by atoms with van der Waals surface area (Å²) in [5, 5.41) is 11.3. The lowest BCUT2D eigenvalue weighted by Crippen LogP contribution is -2.14. The minimum atomic E-state index is -4.50. The minimum Gasteiger partial charge on any atom is -0.322 e. The third-order valence-electron chi connectivity index (χ3n) is 4.02. The van der Waals surface area contributed by atoms with Crippen LogP contribution in [0.5, 0.6) is 0 Å². The Morgan fingerprint density at radius 1 is 1.18 bits per heavy atom. The number of alkyl halides is 3. The first kappa shape index (κ1) is 19.9. The summed E-state index contributed by atoms with van der Waals surface area (Å²) >= 11 is 1.51. The highest BCUT2D eigenvalue weighted by Gasteiger charge is 2.30. The highest BCUT2D eigenvalue weighted by Crippen LogP contribution is 2.34. The van der Waals surface area contributed by atoms with Gasteiger partial charge in [-0.3, -0.25) is 4.79 Å². The summed E-state index contributed by atoms with van der Waals surface area (Å²) in [6.45, 7) is 1.99. The van der Waals surface area contributed by atoms with Crippen molar-refractivity contribution in [3.8, 4) is 0 Å². The van der Waals surface area contributed by atoms with Crippen LogP contribution in [-0.4, -0.2) is 20.7 Å². The molecule has 2 aromatic carbocycles. The quantitative estimate of drug-likeness (QED) is 0.610. The number of nitrogens with zero attached hydrogens (tertiary/aromatic N) is 3. The van der Waals surface area contributed by atoms with Crippen molar-refractivity contribution in [1.29, 1.82) is 0 Å². The van der Waals surface area contributed by atoms with Crippen LogP contribution in [0.15, 0.2) is 60.0 Å². The average Bonchev–Trinajstić information content (AvgIpc) is 3.06. The van der Waals surface area contributed by atoms with Crippen molar-refractivity contribution in [3.63, 3.8) is 0 Å². The van der Waals surface area contributed by atoms with Crippen LogP contribution in [0.1, 0.15) is 33.7 Å². The van der Waals surface area contributed by atoms with E-state index in [4.69, 9.17) is 0 Å². The van der Waals surface area contributed by atoms with E-state index in [0.717, 1.165) is 22.9 Å². The van der Waals surface area contributed by atoms with Gasteiger partial charge >= 0.3 is 6.18 Å². The van der Waals surface area contributed by atoms with Crippen molar-refractivity contribution >= 4 is 23.4 Å². The van der Waals surface area contributed by atoms with Gasteiger partial charge in [0.2, 0.25) is 0 Å². The summed E-state index contributed by atoms with van der Waals surface area (Å²) in [6, 6.07) is 11.5. The zero-order chi connectivity index (χ0) is 20.3. The molecule has 28 heavy (non-hydrogen) atoms. The Hall–Kier alpha value is -2.81. The number of hydrogen-bond acceptors (Lipinski definition) is 4. The Morgan fingerprint density at radius 2 is 1.93 bits per heavy atom. The normalized spacial score (nSPS) is 12.6. The molecular formula is C19H17F3N4OS. The molecule has 0 aliphatic heterocycles. The molecule has 0 radical (unpaired) electrons. The standard InChI is InChI=1S/C19H17F3N4OS/c1-12(28-18-25-23-11-26(18)2)13-5-4-8-16(10-13)24-17(27)14-6-3-7-15(9-14)19(20,21)22/h3-12H,1-2H3,(H,24,27)/t12-/m0/s1. The Bertz CT molecular complexity index is 987. The number of rotatable bonds is 5. The van der Waals surface area contributed by atoms with Gasteiger partial charge in [-0.2, -0.15) is 13.2 Å². The molecule has 3 aromatic rings. The van der Waals surface area contributed by atoms with Crippen molar-refractivity contribution in [1.82, 2.24) is 14.8 Å². The third-order valence-corrected chi connectivity index (χ3v) is 5.22. The molecule has 1 atom stereocenters. The molecule has 0 aliphatic rings. The first-order valence-electron chi connectivity index (χ1n) is 8.33. The van der Waals surface area contributed by atoms with E-state index in [1.54, 1.807) is 29.1 Å². The molecule has 0 saturated heterocycles. The maximum Gasteiger partial charge on any atom is 0.416 e. The lowest BCUT2D eigenvalue weighted by molar-refractivity contribution is -0.137. The lowest BCUT2D eigenvalue weighted by Gasteiger charge is -2.13. The number of amides is 1. The second-order valence-electron chi connectivity index (χ2n) is 6.14. The van der Waals surface area contributed by atoms with Gasteiger partial charge in [0.15, 0.2) is 5.16 Å². The second-order valence-corrected chi connectivity index (χ2v) is 7.45. The summed E-state index contributed by atoms with van der Waals surface area (Å²) in [6.07, 6.45) is -2.89. The predicted octanol–water partition coefficient (Wildman–Crippen LogP) is 4.94. The Kier molecular flexibility index (Phi) is 5.73. The van der Waals surface area contributed by atoms with Gasteiger partial charge < -0.3 is 9.88 Å². The number of hydrogen-bond donors (Lipinski definition) is 1. The number of carbonyl (C=O) groups excluding carboxylic acids is 1. The van der Waals surface area contributed by atoms with Crippen LogP contribution in [-0.2, 0) is 13.2 Å². The largest absolute Gasteiger partial charge is 0.416 e. The van der Waals surface area contributed by atoms with Crippen LogP contribution in [0, 0.1) is 0 Å². The molecule has 0 bridgehead atoms. The lowest BCUT2D eigenvalue weighted by atomic mass is 10.1. The second kappa shape index (κ2) is 8.05. The fourth-order valence-electron chi connectivity index (χ4n) is 2.51. The number of halogens is 3. The fraction of sp³-hybridized carbons (Fsp3) is 0.211. The zero-order valence-electron chi connectivity index (χ0n) is 15.1. The minimum absolute atomic E-state index is 0.0355. The Labute approximate surface area is 164 Å². The first-order valence-corrected chi connectivity index (χ1v) is 9.21. The first-order chi connectivity index (χ1) is 13.2. The molecular weight excluding hydrogens is 389 g/mol. The van der Waals surface area contributed by atoms with Gasteiger partial charge in [-0.1, -0.05) is 30.0 Å². The molecule has 5 nitrogen and oxygen atoms in total. The van der Waals surface area contributed by atoms with Crippen molar-refractivity contribution in [2.75, 3.05) is 5.32 Å². The van der Waals surface area contributed by atoms with Crippen molar-refractivity contribution < 1.29 is 18.0 Å². The molecule has 1 heterocycles. The van der Waals surface area contributed by atoms with E-state index in [9.17, 15) is 18.0 Å². The van der Waals surface area contributed by atoms with Crippen LogP contribution in [0.3, 0.4) is 0 Å². The summed E-state index contributed by atoms with van der Waals surface area (Å²) < 4.78 is 40.3. The monoisotopic (exact) mass is 406 g/mol. The van der Waals surface area contributed by atoms with Crippen molar-refractivity contribution in [2.45, 2.75) is 23.5 Å². The Balaban J connectivity index is 1.74. The molecule has 3 rings (SSSR count). The van der Waals surface area contributed by atoms with Crippen molar-refractivity contribution in [2.24, 2.45) is 7.05 Å². The van der Waals surface area contributed by atoms with Crippen LogP contribution in [0.4, 0.5) is 18.9 Å². The maximum atomic E-state index is 12.8. The van der Waals surface area contributed by atoms with E-state index in [0.29, 0.717) is 5.69 Å². The van der Waals surface area contributed by atoms with Crippen LogP contribution in [0.25, 0.3) is 0 Å². The molecule has 0 unspecified atom stereocenters. The van der Waals surface area contributed by atoms with Crippen LogP contribution >= 0.6 is 11.8 Å². The summed E-state index contributed by atoms with van der Waals surface area (Å²) in [4.78, 5) is 12.4. The van der Waals surface area contributed by atoms with Gasteiger partial charge in [0.05, 0.1) is 5.56 Å². The van der Waals surface area contributed by atoms with E-state index in [2.05, 4.69) is 15.5 Å². The molecule has 146 valence electrons. The van der Waals surface area contributed by atoms with Gasteiger partial charge in [-0.05, 0) is 42.8 Å². The zero-order valence-corrected chi connectivity index (χ0v) is 15.9. The fourth-order valence-corrected chi connectivity index (χ4v) is 3.42. The predicted molar refractivity (Wildman–Crippen MR) is 101 cm³/mol. The molecule has 0 aliphatic carbocycles. The number of anilines is 1. The highest BCUT2D eigenvalue weighted by atomic mass is 32.2. The van der Waals surface area contributed by atoms with Gasteiger partial charge in [-0.25, -0.2) is 0 Å². The van der Waals surface area contributed by atoms with E-state index in [1.165, 1.54) is 23.9 Å².